The molecule has 0 radical (unpaired) electrons. The Hall–Kier alpha value is -2.89. The number of sulfonamides is 1. The molecule has 4 atom stereocenters. The number of fused-ring (bicyclic) bond motifs is 2. The summed E-state index contributed by atoms with van der Waals surface area (Å²) in [7, 11) is -2.53. The van der Waals surface area contributed by atoms with Gasteiger partial charge in [-0.05, 0) is 105 Å². The third-order valence-electron chi connectivity index (χ3n) is 9.50. The van der Waals surface area contributed by atoms with Gasteiger partial charge in [0.25, 0.3) is 5.91 Å². The van der Waals surface area contributed by atoms with Crippen LogP contribution in [0, 0.1) is 11.8 Å². The number of anilines is 1. The third-order valence-corrected chi connectivity index (χ3v) is 11.5. The van der Waals surface area contributed by atoms with Crippen LogP contribution in [-0.2, 0) is 32.5 Å². The standard InChI is InChI=1S/C38H53ClN2O7S/c1-4-6-8-13-36(42)34-18-15-30(34)25-41-20-10-9-11-28-23-32(39)17-14-31(28)26-48-37-19-16-29(24-35(37)41)38(43)40-49(44,45)33(12-7-5-2)27-47-22-21-46-3/h5,8,13-14,16-17,19,23-24,30,33-34,36,42H,2,4,6-7,9-12,15,18,20-22,25-27H2,1,3H3,(H,40,43)/b13-8+/t30-,33-,34+,36-/m0/s1. The molecule has 2 aromatic carbocycles. The van der Waals surface area contributed by atoms with Gasteiger partial charge in [0.15, 0.2) is 0 Å². The number of halogens is 1. The number of carbonyl (C=O) groups is 1. The van der Waals surface area contributed by atoms with Crippen molar-refractivity contribution in [1.82, 2.24) is 4.72 Å². The molecular weight excluding hydrogens is 664 g/mol. The van der Waals surface area contributed by atoms with E-state index in [4.69, 9.17) is 25.8 Å². The van der Waals surface area contributed by atoms with Gasteiger partial charge in [-0.25, -0.2) is 13.1 Å². The first-order valence-corrected chi connectivity index (χ1v) is 19.5. The molecule has 2 aliphatic rings. The summed E-state index contributed by atoms with van der Waals surface area (Å²) in [5, 5.41) is 10.7. The van der Waals surface area contributed by atoms with Crippen molar-refractivity contribution in [2.45, 2.75) is 82.7 Å². The number of nitrogens with one attached hydrogen (secondary N) is 1. The maximum absolute atomic E-state index is 13.6. The minimum atomic E-state index is -4.07. The van der Waals surface area contributed by atoms with E-state index in [9.17, 15) is 18.3 Å². The predicted molar refractivity (Wildman–Crippen MR) is 196 cm³/mol. The van der Waals surface area contributed by atoms with Crippen molar-refractivity contribution in [2.24, 2.45) is 11.8 Å². The van der Waals surface area contributed by atoms with Crippen LogP contribution in [0.2, 0.25) is 5.02 Å². The number of amides is 1. The number of unbranched alkanes of at least 4 members (excludes halogenated alkanes) is 1. The third kappa shape index (κ3) is 11.3. The summed E-state index contributed by atoms with van der Waals surface area (Å²) in [5.74, 6) is 0.307. The monoisotopic (exact) mass is 716 g/mol. The van der Waals surface area contributed by atoms with Gasteiger partial charge in [0.05, 0.1) is 31.6 Å². The second kappa shape index (κ2) is 19.5. The van der Waals surface area contributed by atoms with Crippen molar-refractivity contribution in [3.05, 3.63) is 82.9 Å². The second-order valence-corrected chi connectivity index (χ2v) is 15.4. The van der Waals surface area contributed by atoms with Gasteiger partial charge in [-0.1, -0.05) is 49.2 Å². The summed E-state index contributed by atoms with van der Waals surface area (Å²) in [6.07, 6.45) is 12.5. The minimum absolute atomic E-state index is 0.0691. The molecule has 1 aliphatic heterocycles. The number of carbonyl (C=O) groups excluding carboxylic acids is 1. The van der Waals surface area contributed by atoms with Crippen LogP contribution in [0.5, 0.6) is 5.75 Å². The van der Waals surface area contributed by atoms with E-state index in [2.05, 4.69) is 29.2 Å². The Morgan fingerprint density at radius 2 is 2.00 bits per heavy atom. The lowest BCUT2D eigenvalue weighted by Gasteiger charge is -2.42. The zero-order valence-electron chi connectivity index (χ0n) is 28.9. The summed E-state index contributed by atoms with van der Waals surface area (Å²) >= 11 is 6.34. The number of rotatable bonds is 17. The highest BCUT2D eigenvalue weighted by Gasteiger charge is 2.37. The largest absolute Gasteiger partial charge is 0.487 e. The van der Waals surface area contributed by atoms with Crippen LogP contribution in [0.1, 0.15) is 79.8 Å². The highest BCUT2D eigenvalue weighted by molar-refractivity contribution is 7.90. The van der Waals surface area contributed by atoms with E-state index in [1.807, 2.05) is 24.3 Å². The molecule has 0 saturated heterocycles. The van der Waals surface area contributed by atoms with Crippen molar-refractivity contribution in [3.8, 4) is 5.75 Å². The van der Waals surface area contributed by atoms with Crippen molar-refractivity contribution in [3.63, 3.8) is 0 Å². The van der Waals surface area contributed by atoms with Crippen LogP contribution < -0.4 is 14.4 Å². The van der Waals surface area contributed by atoms with Gasteiger partial charge in [-0.15, -0.1) is 6.58 Å². The first-order valence-electron chi connectivity index (χ1n) is 17.5. The molecule has 2 N–H and O–H groups in total. The van der Waals surface area contributed by atoms with Crippen molar-refractivity contribution >= 4 is 33.2 Å². The normalized spacial score (nSPS) is 19.5. The average Bonchev–Trinajstić information content (AvgIpc) is 3.09. The molecule has 0 aromatic heterocycles. The lowest BCUT2D eigenvalue weighted by molar-refractivity contribution is 0.0461. The molecule has 4 rings (SSSR count). The van der Waals surface area contributed by atoms with Crippen LogP contribution >= 0.6 is 11.6 Å². The van der Waals surface area contributed by atoms with Crippen LogP contribution in [0.3, 0.4) is 0 Å². The van der Waals surface area contributed by atoms with Gasteiger partial charge in [0, 0.05) is 30.8 Å². The topological polar surface area (TPSA) is 114 Å². The van der Waals surface area contributed by atoms with Crippen molar-refractivity contribution in [1.29, 1.82) is 0 Å². The van der Waals surface area contributed by atoms with E-state index in [1.54, 1.807) is 31.4 Å². The highest BCUT2D eigenvalue weighted by atomic mass is 35.5. The molecule has 1 saturated carbocycles. The number of allylic oxidation sites excluding steroid dienone is 2. The molecule has 11 heteroatoms. The molecule has 0 spiro atoms. The molecule has 1 aliphatic carbocycles. The first kappa shape index (κ1) is 38.9. The molecule has 1 amide bonds. The minimum Gasteiger partial charge on any atom is -0.487 e. The zero-order valence-corrected chi connectivity index (χ0v) is 30.5. The number of aliphatic hydroxyl groups excluding tert-OH is 1. The maximum Gasteiger partial charge on any atom is 0.264 e. The fourth-order valence-electron chi connectivity index (χ4n) is 6.44. The van der Waals surface area contributed by atoms with E-state index in [0.717, 1.165) is 61.8 Å². The molecular formula is C38H53ClN2O7S. The van der Waals surface area contributed by atoms with E-state index >= 15 is 0 Å². The first-order chi connectivity index (χ1) is 23.7. The maximum atomic E-state index is 13.6. The Balaban J connectivity index is 1.61. The Kier molecular flexibility index (Phi) is 15.5. The Morgan fingerprint density at radius 3 is 2.73 bits per heavy atom. The van der Waals surface area contributed by atoms with Gasteiger partial charge in [0.2, 0.25) is 10.0 Å². The van der Waals surface area contributed by atoms with Gasteiger partial charge in [-0.2, -0.15) is 0 Å². The molecule has 1 heterocycles. The van der Waals surface area contributed by atoms with E-state index < -0.39 is 27.3 Å². The number of hydrogen-bond donors (Lipinski definition) is 2. The van der Waals surface area contributed by atoms with Gasteiger partial charge in [0.1, 0.15) is 17.6 Å². The smallest absolute Gasteiger partial charge is 0.264 e. The van der Waals surface area contributed by atoms with Crippen molar-refractivity contribution < 1.29 is 32.5 Å². The Bertz CT molecular complexity index is 1520. The number of benzene rings is 2. The molecule has 0 unspecified atom stereocenters. The lowest BCUT2D eigenvalue weighted by atomic mass is 9.70. The molecule has 9 nitrogen and oxygen atoms in total. The number of hydrogen-bond acceptors (Lipinski definition) is 8. The number of aryl methyl sites for hydroxylation is 1. The summed E-state index contributed by atoms with van der Waals surface area (Å²) < 4.78 is 46.2. The van der Waals surface area contributed by atoms with E-state index in [0.29, 0.717) is 43.5 Å². The van der Waals surface area contributed by atoms with Crippen LogP contribution in [-0.4, -0.2) is 70.8 Å². The second-order valence-electron chi connectivity index (χ2n) is 13.0. The lowest BCUT2D eigenvalue weighted by Crippen LogP contribution is -2.43. The number of nitrogens with zero attached hydrogens (tertiary/aromatic N) is 1. The summed E-state index contributed by atoms with van der Waals surface area (Å²) in [5.41, 5.74) is 3.15. The van der Waals surface area contributed by atoms with Crippen molar-refractivity contribution in [2.75, 3.05) is 44.9 Å². The Morgan fingerprint density at radius 1 is 1.16 bits per heavy atom. The molecule has 0 bridgehead atoms. The molecule has 49 heavy (non-hydrogen) atoms. The SMILES string of the molecule is C=CCC[C@@H](COCCOC)S(=O)(=O)NC(=O)c1ccc2c(c1)N(C[C@@H]1CC[C@H]1[C@@H](O)/C=C/CCC)CCCCc1cc(Cl)ccc1CO2. The zero-order chi connectivity index (χ0) is 35.2. The van der Waals surface area contributed by atoms with Gasteiger partial charge in [-0.3, -0.25) is 4.79 Å². The van der Waals surface area contributed by atoms with E-state index in [1.165, 1.54) is 0 Å². The number of ether oxygens (including phenoxy) is 3. The summed E-state index contributed by atoms with van der Waals surface area (Å²) in [6.45, 7) is 8.07. The Labute approximate surface area is 297 Å². The summed E-state index contributed by atoms with van der Waals surface area (Å²) in [6, 6.07) is 11.0. The fourth-order valence-corrected chi connectivity index (χ4v) is 7.90. The van der Waals surface area contributed by atoms with E-state index in [-0.39, 0.29) is 37.0 Å². The molecule has 2 aromatic rings. The number of methoxy groups -OCH3 is 1. The van der Waals surface area contributed by atoms with Crippen LogP contribution in [0.15, 0.2) is 61.2 Å². The number of aliphatic hydroxyl groups is 1. The average molecular weight is 717 g/mol. The van der Waals surface area contributed by atoms with Crippen LogP contribution in [0.25, 0.3) is 0 Å². The van der Waals surface area contributed by atoms with Gasteiger partial charge >= 0.3 is 0 Å². The van der Waals surface area contributed by atoms with Crippen LogP contribution in [0.4, 0.5) is 5.69 Å². The quantitative estimate of drug-likeness (QED) is 0.135. The summed E-state index contributed by atoms with van der Waals surface area (Å²) in [4.78, 5) is 15.9. The predicted octanol–water partition coefficient (Wildman–Crippen LogP) is 6.86. The molecule has 270 valence electrons. The van der Waals surface area contributed by atoms with Gasteiger partial charge < -0.3 is 24.2 Å². The molecule has 1 fully saturated rings. The fraction of sp³-hybridized carbons (Fsp3) is 0.553. The highest BCUT2D eigenvalue weighted by Crippen LogP contribution is 2.41.